The first-order valence-electron chi connectivity index (χ1n) is 5.54. The molecule has 0 aromatic carbocycles. The third-order valence-electron chi connectivity index (χ3n) is 2.17. The summed E-state index contributed by atoms with van der Waals surface area (Å²) in [5, 5.41) is 2.54. The van der Waals surface area contributed by atoms with Gasteiger partial charge < -0.3 is 19.5 Å². The predicted molar refractivity (Wildman–Crippen MR) is 61.3 cm³/mol. The van der Waals surface area contributed by atoms with Crippen LogP contribution in [0.25, 0.3) is 0 Å². The van der Waals surface area contributed by atoms with Gasteiger partial charge in [0.05, 0.1) is 6.61 Å². The molecule has 1 N–H and O–H groups in total. The van der Waals surface area contributed by atoms with Gasteiger partial charge in [0.2, 0.25) is 5.91 Å². The van der Waals surface area contributed by atoms with E-state index in [0.29, 0.717) is 12.8 Å². The number of nitrogens with one attached hydrogen (secondary N) is 1. The van der Waals surface area contributed by atoms with Gasteiger partial charge in [-0.2, -0.15) is 0 Å². The number of carbonyl (C=O) groups is 2. The van der Waals surface area contributed by atoms with Gasteiger partial charge in [-0.15, -0.1) is 0 Å². The molecule has 0 aliphatic carbocycles. The quantitative estimate of drug-likeness (QED) is 0.498. The van der Waals surface area contributed by atoms with E-state index in [1.54, 1.807) is 6.92 Å². The van der Waals surface area contributed by atoms with Gasteiger partial charge in [-0.3, -0.25) is 4.79 Å². The molecular weight excluding hydrogens is 226 g/mol. The molecule has 0 aliphatic heterocycles. The van der Waals surface area contributed by atoms with Crippen LogP contribution >= 0.6 is 0 Å². The zero-order valence-electron chi connectivity index (χ0n) is 10.8. The molecule has 0 aromatic rings. The molecule has 1 atom stereocenters. The van der Waals surface area contributed by atoms with Crippen LogP contribution in [-0.2, 0) is 23.8 Å². The third-order valence-corrected chi connectivity index (χ3v) is 2.17. The van der Waals surface area contributed by atoms with Crippen LogP contribution in [-0.4, -0.2) is 45.0 Å². The van der Waals surface area contributed by atoms with Crippen molar-refractivity contribution in [1.29, 1.82) is 0 Å². The number of ether oxygens (including phenoxy) is 3. The van der Waals surface area contributed by atoms with Gasteiger partial charge in [-0.05, 0) is 13.3 Å². The van der Waals surface area contributed by atoms with Crippen LogP contribution in [0.2, 0.25) is 0 Å². The minimum atomic E-state index is -0.653. The van der Waals surface area contributed by atoms with Crippen LogP contribution < -0.4 is 5.32 Å². The molecule has 0 aliphatic rings. The van der Waals surface area contributed by atoms with Gasteiger partial charge >= 0.3 is 5.97 Å². The van der Waals surface area contributed by atoms with E-state index in [0.717, 1.165) is 0 Å². The van der Waals surface area contributed by atoms with E-state index in [2.05, 4.69) is 5.32 Å². The fourth-order valence-electron chi connectivity index (χ4n) is 1.37. The number of amides is 1. The van der Waals surface area contributed by atoms with Gasteiger partial charge in [-0.1, -0.05) is 0 Å². The van der Waals surface area contributed by atoms with Gasteiger partial charge in [0, 0.05) is 27.6 Å². The molecule has 100 valence electrons. The largest absolute Gasteiger partial charge is 0.464 e. The maximum atomic E-state index is 11.5. The number of rotatable bonds is 8. The standard InChI is InChI=1S/C11H21NO5/c1-5-17-11(14)9(12-8(2)13)6-7-10(15-3)16-4/h9-10H,5-7H2,1-4H3,(H,12,13). The number of esters is 1. The van der Waals surface area contributed by atoms with Crippen LogP contribution in [0.4, 0.5) is 0 Å². The summed E-state index contributed by atoms with van der Waals surface area (Å²) in [7, 11) is 3.04. The summed E-state index contributed by atoms with van der Waals surface area (Å²) in [6.07, 6.45) is 0.516. The summed E-state index contributed by atoms with van der Waals surface area (Å²) in [6.45, 7) is 3.36. The van der Waals surface area contributed by atoms with E-state index in [1.165, 1.54) is 21.1 Å². The first-order chi connectivity index (χ1) is 8.04. The number of hydrogen-bond donors (Lipinski definition) is 1. The number of hydrogen-bond acceptors (Lipinski definition) is 5. The molecule has 1 unspecified atom stereocenters. The summed E-state index contributed by atoms with van der Waals surface area (Å²) < 4.78 is 14.9. The third kappa shape index (κ3) is 6.91. The predicted octanol–water partition coefficient (Wildman–Crippen LogP) is 0.453. The van der Waals surface area contributed by atoms with E-state index in [4.69, 9.17) is 14.2 Å². The molecule has 0 rings (SSSR count). The summed E-state index contributed by atoms with van der Waals surface area (Å²) in [5.74, 6) is -0.705. The summed E-state index contributed by atoms with van der Waals surface area (Å²) in [5.41, 5.74) is 0. The Balaban J connectivity index is 4.27. The Bertz CT molecular complexity index is 240. The SMILES string of the molecule is CCOC(=O)C(CCC(OC)OC)NC(C)=O. The Morgan fingerprint density at radius 1 is 1.18 bits per heavy atom. The van der Waals surface area contributed by atoms with Gasteiger partial charge in [-0.25, -0.2) is 4.79 Å². The molecular formula is C11H21NO5. The van der Waals surface area contributed by atoms with Crippen molar-refractivity contribution in [2.45, 2.75) is 39.0 Å². The van der Waals surface area contributed by atoms with E-state index >= 15 is 0 Å². The molecule has 0 saturated carbocycles. The number of methoxy groups -OCH3 is 2. The minimum absolute atomic E-state index is 0.269. The summed E-state index contributed by atoms with van der Waals surface area (Å²) in [6, 6.07) is -0.653. The molecule has 0 fully saturated rings. The molecule has 0 saturated heterocycles. The van der Waals surface area contributed by atoms with Crippen molar-refractivity contribution in [2.24, 2.45) is 0 Å². The smallest absolute Gasteiger partial charge is 0.328 e. The van der Waals surface area contributed by atoms with Crippen LogP contribution in [0.3, 0.4) is 0 Å². The average molecular weight is 247 g/mol. The second kappa shape index (κ2) is 8.95. The first kappa shape index (κ1) is 15.9. The fourth-order valence-corrected chi connectivity index (χ4v) is 1.37. The Kier molecular flexibility index (Phi) is 8.35. The van der Waals surface area contributed by atoms with Crippen molar-refractivity contribution in [3.8, 4) is 0 Å². The maximum absolute atomic E-state index is 11.5. The maximum Gasteiger partial charge on any atom is 0.328 e. The lowest BCUT2D eigenvalue weighted by atomic mass is 10.1. The highest BCUT2D eigenvalue weighted by Crippen LogP contribution is 2.07. The van der Waals surface area contributed by atoms with Crippen LogP contribution in [0.15, 0.2) is 0 Å². The molecule has 0 spiro atoms. The van der Waals surface area contributed by atoms with E-state index in [1.807, 2.05) is 0 Å². The molecule has 6 nitrogen and oxygen atoms in total. The Labute approximate surface area is 102 Å². The van der Waals surface area contributed by atoms with Crippen molar-refractivity contribution < 1.29 is 23.8 Å². The summed E-state index contributed by atoms with van der Waals surface area (Å²) in [4.78, 5) is 22.5. The topological polar surface area (TPSA) is 73.9 Å². The average Bonchev–Trinajstić information content (AvgIpc) is 2.28. The zero-order valence-corrected chi connectivity index (χ0v) is 10.8. The first-order valence-corrected chi connectivity index (χ1v) is 5.54. The highest BCUT2D eigenvalue weighted by atomic mass is 16.7. The molecule has 17 heavy (non-hydrogen) atoms. The molecule has 0 heterocycles. The monoisotopic (exact) mass is 247 g/mol. The second-order valence-electron chi connectivity index (χ2n) is 3.48. The summed E-state index contributed by atoms with van der Waals surface area (Å²) >= 11 is 0. The molecule has 0 radical (unpaired) electrons. The van der Waals surface area contributed by atoms with Gasteiger partial charge in [0.1, 0.15) is 6.04 Å². The molecule has 0 aromatic heterocycles. The highest BCUT2D eigenvalue weighted by Gasteiger charge is 2.22. The lowest BCUT2D eigenvalue weighted by Crippen LogP contribution is -2.41. The van der Waals surface area contributed by atoms with Crippen LogP contribution in [0, 0.1) is 0 Å². The van der Waals surface area contributed by atoms with Crippen LogP contribution in [0.5, 0.6) is 0 Å². The van der Waals surface area contributed by atoms with Crippen molar-refractivity contribution in [3.63, 3.8) is 0 Å². The number of carbonyl (C=O) groups excluding carboxylic acids is 2. The molecule has 0 bridgehead atoms. The minimum Gasteiger partial charge on any atom is -0.464 e. The van der Waals surface area contributed by atoms with Gasteiger partial charge in [0.25, 0.3) is 0 Å². The highest BCUT2D eigenvalue weighted by molar-refractivity contribution is 5.83. The lowest BCUT2D eigenvalue weighted by molar-refractivity contribution is -0.148. The van der Waals surface area contributed by atoms with E-state index in [9.17, 15) is 9.59 Å². The Morgan fingerprint density at radius 2 is 1.76 bits per heavy atom. The fraction of sp³-hybridized carbons (Fsp3) is 0.818. The van der Waals surface area contributed by atoms with Crippen molar-refractivity contribution in [2.75, 3.05) is 20.8 Å². The van der Waals surface area contributed by atoms with Crippen molar-refractivity contribution in [3.05, 3.63) is 0 Å². The van der Waals surface area contributed by atoms with Gasteiger partial charge in [0.15, 0.2) is 6.29 Å². The van der Waals surface area contributed by atoms with Crippen LogP contribution in [0.1, 0.15) is 26.7 Å². The lowest BCUT2D eigenvalue weighted by Gasteiger charge is -2.19. The van der Waals surface area contributed by atoms with Crippen molar-refractivity contribution >= 4 is 11.9 Å². The molecule has 1 amide bonds. The normalized spacial score (nSPS) is 12.3. The van der Waals surface area contributed by atoms with E-state index < -0.39 is 12.0 Å². The Morgan fingerprint density at radius 3 is 2.18 bits per heavy atom. The van der Waals surface area contributed by atoms with Crippen molar-refractivity contribution in [1.82, 2.24) is 5.32 Å². The van der Waals surface area contributed by atoms with E-state index in [-0.39, 0.29) is 18.8 Å². The molecule has 6 heteroatoms. The second-order valence-corrected chi connectivity index (χ2v) is 3.48. The Hall–Kier alpha value is -1.14. The zero-order chi connectivity index (χ0) is 13.3.